The van der Waals surface area contributed by atoms with E-state index in [-0.39, 0.29) is 5.88 Å². The molecular weight excluding hydrogens is 424 g/mol. The van der Waals surface area contributed by atoms with Crippen LogP contribution in [0, 0.1) is 0 Å². The number of anilines is 1. The Morgan fingerprint density at radius 3 is 2.84 bits per heavy atom. The van der Waals surface area contributed by atoms with E-state index in [2.05, 4.69) is 19.8 Å². The Morgan fingerprint density at radius 2 is 2.03 bits per heavy atom. The molecule has 0 radical (unpaired) electrons. The predicted octanol–water partition coefficient (Wildman–Crippen LogP) is 3.13. The van der Waals surface area contributed by atoms with Crippen LogP contribution in [0.15, 0.2) is 24.5 Å². The number of rotatable bonds is 6. The summed E-state index contributed by atoms with van der Waals surface area (Å²) in [4.78, 5) is 19.0. The molecule has 31 heavy (non-hydrogen) atoms. The Labute approximate surface area is 182 Å². The summed E-state index contributed by atoms with van der Waals surface area (Å²) in [6.45, 7) is 5.25. The smallest absolute Gasteiger partial charge is 0.272 e. The fourth-order valence-electron chi connectivity index (χ4n) is 3.98. The van der Waals surface area contributed by atoms with Gasteiger partial charge in [-0.25, -0.2) is 23.7 Å². The topological polar surface area (TPSA) is 63.6 Å². The third kappa shape index (κ3) is 4.60. The number of aromatic nitrogens is 3. The molecule has 0 amide bonds. The van der Waals surface area contributed by atoms with Gasteiger partial charge in [0.25, 0.3) is 6.43 Å². The lowest BCUT2D eigenvalue weighted by Crippen LogP contribution is -2.45. The second-order valence-corrected chi connectivity index (χ2v) is 8.79. The van der Waals surface area contributed by atoms with Crippen molar-refractivity contribution in [1.29, 1.82) is 0 Å². The molecule has 0 N–H and O–H groups in total. The van der Waals surface area contributed by atoms with Crippen molar-refractivity contribution < 1.29 is 18.3 Å². The minimum absolute atomic E-state index is 0.197. The molecule has 0 saturated carbocycles. The summed E-state index contributed by atoms with van der Waals surface area (Å²) in [5, 5.41) is 1.81. The van der Waals surface area contributed by atoms with Gasteiger partial charge in [0.2, 0.25) is 5.88 Å². The molecule has 3 aromatic rings. The van der Waals surface area contributed by atoms with Gasteiger partial charge < -0.3 is 14.4 Å². The molecule has 7 nitrogen and oxygen atoms in total. The fourth-order valence-corrected chi connectivity index (χ4v) is 5.07. The van der Waals surface area contributed by atoms with E-state index in [0.29, 0.717) is 17.5 Å². The molecule has 10 heteroatoms. The summed E-state index contributed by atoms with van der Waals surface area (Å²) in [5.41, 5.74) is 2.90. The van der Waals surface area contributed by atoms with Gasteiger partial charge in [0.15, 0.2) is 6.61 Å². The lowest BCUT2D eigenvalue weighted by molar-refractivity contribution is 0.0804. The average molecular weight is 448 g/mol. The molecule has 1 fully saturated rings. The molecule has 2 aliphatic rings. The summed E-state index contributed by atoms with van der Waals surface area (Å²) in [5.74, 6) is 0.197. The van der Waals surface area contributed by atoms with Crippen LogP contribution >= 0.6 is 11.3 Å². The van der Waals surface area contributed by atoms with E-state index in [1.807, 2.05) is 18.2 Å². The van der Waals surface area contributed by atoms with Gasteiger partial charge in [0.1, 0.15) is 11.3 Å². The molecule has 4 heterocycles. The van der Waals surface area contributed by atoms with Crippen LogP contribution in [0.5, 0.6) is 5.88 Å². The van der Waals surface area contributed by atoms with Gasteiger partial charge in [-0.3, -0.25) is 4.90 Å². The highest BCUT2D eigenvalue weighted by molar-refractivity contribution is 7.11. The average Bonchev–Trinajstić information content (AvgIpc) is 3.20. The fraction of sp³-hybridized carbons (Fsp3) is 0.476. The van der Waals surface area contributed by atoms with E-state index >= 15 is 0 Å². The minimum atomic E-state index is -2.54. The van der Waals surface area contributed by atoms with Crippen molar-refractivity contribution in [3.8, 4) is 5.88 Å². The number of piperazine rings is 1. The van der Waals surface area contributed by atoms with Gasteiger partial charge in [-0.15, -0.1) is 11.3 Å². The van der Waals surface area contributed by atoms with Crippen molar-refractivity contribution in [3.05, 3.63) is 40.1 Å². The van der Waals surface area contributed by atoms with Crippen LogP contribution in [0.1, 0.15) is 15.6 Å². The Balaban J connectivity index is 1.24. The molecule has 1 saturated heterocycles. The Kier molecular flexibility index (Phi) is 5.93. The Hall–Kier alpha value is -2.43. The number of ether oxygens (including phenoxy) is 2. The van der Waals surface area contributed by atoms with Gasteiger partial charge in [-0.2, -0.15) is 0 Å². The van der Waals surface area contributed by atoms with Gasteiger partial charge >= 0.3 is 0 Å². The van der Waals surface area contributed by atoms with E-state index in [0.717, 1.165) is 56.4 Å². The third-order valence-electron chi connectivity index (χ3n) is 5.56. The monoisotopic (exact) mass is 447 g/mol. The molecule has 2 aliphatic heterocycles. The van der Waals surface area contributed by atoms with Crippen LogP contribution in [0.2, 0.25) is 0 Å². The number of alkyl halides is 2. The number of fused-ring (bicyclic) bond motifs is 2. The van der Waals surface area contributed by atoms with E-state index < -0.39 is 13.0 Å². The molecule has 2 aromatic heterocycles. The predicted molar refractivity (Wildman–Crippen MR) is 114 cm³/mol. The van der Waals surface area contributed by atoms with E-state index in [1.165, 1.54) is 16.9 Å². The summed E-state index contributed by atoms with van der Waals surface area (Å²) >= 11 is 1.76. The van der Waals surface area contributed by atoms with Crippen molar-refractivity contribution >= 4 is 27.9 Å². The van der Waals surface area contributed by atoms with Crippen molar-refractivity contribution in [2.24, 2.45) is 0 Å². The lowest BCUT2D eigenvalue weighted by atomic mass is 10.2. The Morgan fingerprint density at radius 1 is 1.16 bits per heavy atom. The Bertz CT molecular complexity index is 1030. The van der Waals surface area contributed by atoms with Crippen LogP contribution in [0.3, 0.4) is 0 Å². The zero-order valence-corrected chi connectivity index (χ0v) is 17.8. The van der Waals surface area contributed by atoms with Gasteiger partial charge in [0.05, 0.1) is 41.2 Å². The molecule has 0 unspecified atom stereocenters. The summed E-state index contributed by atoms with van der Waals surface area (Å²) in [6.07, 6.45) is -0.296. The number of halogens is 2. The van der Waals surface area contributed by atoms with Crippen LogP contribution in [0.25, 0.3) is 10.9 Å². The zero-order valence-electron chi connectivity index (χ0n) is 17.0. The van der Waals surface area contributed by atoms with Gasteiger partial charge in [-0.1, -0.05) is 0 Å². The number of benzene rings is 1. The van der Waals surface area contributed by atoms with E-state index in [1.54, 1.807) is 11.3 Å². The van der Waals surface area contributed by atoms with Crippen LogP contribution in [0.4, 0.5) is 14.5 Å². The summed E-state index contributed by atoms with van der Waals surface area (Å²) in [6, 6.07) is 5.83. The van der Waals surface area contributed by atoms with Crippen LogP contribution < -0.4 is 9.64 Å². The van der Waals surface area contributed by atoms with Crippen LogP contribution in [-0.2, 0) is 24.3 Å². The highest BCUT2D eigenvalue weighted by Gasteiger charge is 2.21. The maximum absolute atomic E-state index is 12.6. The molecule has 0 spiro atoms. The van der Waals surface area contributed by atoms with Crippen molar-refractivity contribution in [3.63, 3.8) is 0 Å². The molecule has 5 rings (SSSR count). The quantitative estimate of drug-likeness (QED) is 0.575. The molecule has 0 bridgehead atoms. The minimum Gasteiger partial charge on any atom is -0.471 e. The standard InChI is InChI=1S/C21H23F2N5O2S/c22-19(23)12-30-21-15-9-14(1-2-16(15)24-13-25-21)28-6-4-27(5-7-28)10-20-26-17-3-8-29-11-18(17)31-20/h1-2,9,13,19H,3-8,10-12H2. The maximum Gasteiger partial charge on any atom is 0.272 e. The first-order valence-corrected chi connectivity index (χ1v) is 11.2. The van der Waals surface area contributed by atoms with Crippen molar-refractivity contribution in [1.82, 2.24) is 19.9 Å². The molecule has 0 atom stereocenters. The first-order chi connectivity index (χ1) is 15.2. The highest BCUT2D eigenvalue weighted by Crippen LogP contribution is 2.28. The molecule has 1 aromatic carbocycles. The molecule has 0 aliphatic carbocycles. The second-order valence-electron chi connectivity index (χ2n) is 7.63. The largest absolute Gasteiger partial charge is 0.471 e. The number of hydrogen-bond acceptors (Lipinski definition) is 8. The zero-order chi connectivity index (χ0) is 21.2. The molecular formula is C21H23F2N5O2S. The number of nitrogens with zero attached hydrogens (tertiary/aromatic N) is 5. The lowest BCUT2D eigenvalue weighted by Gasteiger charge is -2.35. The first-order valence-electron chi connectivity index (χ1n) is 10.3. The number of hydrogen-bond donors (Lipinski definition) is 0. The van der Waals surface area contributed by atoms with E-state index in [4.69, 9.17) is 14.5 Å². The SMILES string of the molecule is FC(F)COc1ncnc2ccc(N3CCN(Cc4nc5c(s4)COCC5)CC3)cc12. The van der Waals surface area contributed by atoms with E-state index in [9.17, 15) is 8.78 Å². The number of thiazole rings is 1. The summed E-state index contributed by atoms with van der Waals surface area (Å²) < 4.78 is 35.8. The highest BCUT2D eigenvalue weighted by atomic mass is 32.1. The van der Waals surface area contributed by atoms with Gasteiger partial charge in [0, 0.05) is 38.3 Å². The van der Waals surface area contributed by atoms with Crippen molar-refractivity contribution in [2.75, 3.05) is 44.3 Å². The maximum atomic E-state index is 12.6. The van der Waals surface area contributed by atoms with Gasteiger partial charge in [-0.05, 0) is 18.2 Å². The second kappa shape index (κ2) is 8.97. The molecule has 164 valence electrons. The normalized spacial score (nSPS) is 17.3. The first kappa shape index (κ1) is 20.5. The third-order valence-corrected chi connectivity index (χ3v) is 6.62. The van der Waals surface area contributed by atoms with Crippen LogP contribution in [-0.4, -0.2) is 65.7 Å². The summed E-state index contributed by atoms with van der Waals surface area (Å²) in [7, 11) is 0. The van der Waals surface area contributed by atoms with Crippen molar-refractivity contribution in [2.45, 2.75) is 26.0 Å².